The van der Waals surface area contributed by atoms with E-state index in [4.69, 9.17) is 17.4 Å². The van der Waals surface area contributed by atoms with Gasteiger partial charge in [0.25, 0.3) is 0 Å². The van der Waals surface area contributed by atoms with Crippen molar-refractivity contribution in [3.63, 3.8) is 0 Å². The fourth-order valence-corrected chi connectivity index (χ4v) is 2.59. The second-order valence-electron chi connectivity index (χ2n) is 4.58. The maximum Gasteiger partial charge on any atom is 0.0724 e. The Hall–Kier alpha value is -1.94. The second-order valence-corrected chi connectivity index (χ2v) is 4.98. The van der Waals surface area contributed by atoms with Gasteiger partial charge in [-0.05, 0) is 35.4 Å². The predicted octanol–water partition coefficient (Wildman–Crippen LogP) is 3.44. The van der Waals surface area contributed by atoms with Crippen molar-refractivity contribution in [1.29, 1.82) is 0 Å². The normalized spacial score (nSPS) is 12.5. The molecule has 2 aromatic carbocycles. The summed E-state index contributed by atoms with van der Waals surface area (Å²) in [6, 6.07) is 17.6. The zero-order chi connectivity index (χ0) is 13.9. The molecule has 3 aromatic rings. The van der Waals surface area contributed by atoms with Crippen molar-refractivity contribution in [2.24, 2.45) is 5.84 Å². The lowest BCUT2D eigenvalue weighted by Gasteiger charge is -2.18. The number of fused-ring (bicyclic) bond motifs is 1. The fourth-order valence-electron chi connectivity index (χ4n) is 2.35. The summed E-state index contributed by atoms with van der Waals surface area (Å²) in [7, 11) is 0. The quantitative estimate of drug-likeness (QED) is 0.572. The van der Waals surface area contributed by atoms with Crippen molar-refractivity contribution in [2.45, 2.75) is 6.04 Å². The molecule has 1 unspecified atom stereocenters. The van der Waals surface area contributed by atoms with Crippen LogP contribution in [0, 0.1) is 0 Å². The molecule has 3 N–H and O–H groups in total. The molecule has 0 saturated carbocycles. The zero-order valence-electron chi connectivity index (χ0n) is 10.8. The van der Waals surface area contributed by atoms with E-state index in [2.05, 4.69) is 16.5 Å². The van der Waals surface area contributed by atoms with Crippen LogP contribution in [-0.2, 0) is 0 Å². The van der Waals surface area contributed by atoms with Gasteiger partial charge in [-0.15, -0.1) is 0 Å². The number of nitrogens with two attached hydrogens (primary N) is 1. The van der Waals surface area contributed by atoms with E-state index in [0.717, 1.165) is 22.0 Å². The first kappa shape index (κ1) is 13.1. The Bertz CT molecular complexity index is 742. The van der Waals surface area contributed by atoms with E-state index >= 15 is 0 Å². The number of pyridine rings is 1. The van der Waals surface area contributed by atoms with Gasteiger partial charge >= 0.3 is 0 Å². The topological polar surface area (TPSA) is 50.9 Å². The molecule has 3 nitrogen and oxygen atoms in total. The molecule has 0 saturated heterocycles. The van der Waals surface area contributed by atoms with E-state index in [1.54, 1.807) is 6.20 Å². The van der Waals surface area contributed by atoms with Crippen LogP contribution in [-0.4, -0.2) is 4.98 Å². The summed E-state index contributed by atoms with van der Waals surface area (Å²) in [5.74, 6) is 5.73. The molecule has 0 bridgehead atoms. The van der Waals surface area contributed by atoms with Crippen LogP contribution in [0.1, 0.15) is 17.2 Å². The van der Waals surface area contributed by atoms with Crippen molar-refractivity contribution >= 4 is 22.5 Å². The van der Waals surface area contributed by atoms with Gasteiger partial charge < -0.3 is 0 Å². The molecule has 4 heteroatoms. The summed E-state index contributed by atoms with van der Waals surface area (Å²) in [6.45, 7) is 0. The Morgan fingerprint density at radius 1 is 1.05 bits per heavy atom. The molecule has 0 amide bonds. The monoisotopic (exact) mass is 283 g/mol. The minimum Gasteiger partial charge on any atom is -0.271 e. The minimum atomic E-state index is -0.145. The average molecular weight is 284 g/mol. The number of halogens is 1. The first-order chi connectivity index (χ1) is 9.79. The van der Waals surface area contributed by atoms with E-state index < -0.39 is 0 Å². The van der Waals surface area contributed by atoms with Crippen LogP contribution in [0.5, 0.6) is 0 Å². The highest BCUT2D eigenvalue weighted by molar-refractivity contribution is 6.31. The van der Waals surface area contributed by atoms with Gasteiger partial charge in [-0.2, -0.15) is 0 Å². The number of nitrogens with zero attached hydrogens (tertiary/aromatic N) is 1. The highest BCUT2D eigenvalue weighted by atomic mass is 35.5. The van der Waals surface area contributed by atoms with E-state index in [1.165, 1.54) is 0 Å². The first-order valence-corrected chi connectivity index (χ1v) is 6.72. The fraction of sp³-hybridized carbons (Fsp3) is 0.0625. The smallest absolute Gasteiger partial charge is 0.0724 e. The molecule has 3 rings (SSSR count). The third kappa shape index (κ3) is 2.39. The summed E-state index contributed by atoms with van der Waals surface area (Å²) in [6.07, 6.45) is 1.79. The van der Waals surface area contributed by atoms with Gasteiger partial charge in [0.15, 0.2) is 0 Å². The highest BCUT2D eigenvalue weighted by Gasteiger charge is 2.15. The highest BCUT2D eigenvalue weighted by Crippen LogP contribution is 2.29. The summed E-state index contributed by atoms with van der Waals surface area (Å²) < 4.78 is 0. The second kappa shape index (κ2) is 5.59. The Morgan fingerprint density at radius 2 is 1.90 bits per heavy atom. The van der Waals surface area contributed by atoms with Crippen molar-refractivity contribution in [3.05, 3.63) is 76.9 Å². The molecule has 20 heavy (non-hydrogen) atoms. The van der Waals surface area contributed by atoms with Crippen LogP contribution in [0.15, 0.2) is 60.8 Å². The lowest BCUT2D eigenvalue weighted by atomic mass is 9.98. The van der Waals surface area contributed by atoms with Crippen LogP contribution in [0.3, 0.4) is 0 Å². The molecule has 0 radical (unpaired) electrons. The Kier molecular flexibility index (Phi) is 3.65. The number of nitrogens with one attached hydrogen (secondary N) is 1. The van der Waals surface area contributed by atoms with Crippen LogP contribution >= 0.6 is 11.6 Å². The van der Waals surface area contributed by atoms with Crippen molar-refractivity contribution in [3.8, 4) is 0 Å². The van der Waals surface area contributed by atoms with Gasteiger partial charge in [0.1, 0.15) is 0 Å². The Morgan fingerprint density at radius 3 is 2.70 bits per heavy atom. The lowest BCUT2D eigenvalue weighted by Crippen LogP contribution is -2.29. The number of hydrogen-bond donors (Lipinski definition) is 2. The van der Waals surface area contributed by atoms with Crippen LogP contribution in [0.25, 0.3) is 10.9 Å². The minimum absolute atomic E-state index is 0.145. The molecule has 0 aliphatic carbocycles. The maximum atomic E-state index is 6.26. The number of benzene rings is 2. The number of hydrazine groups is 1. The molecular weight excluding hydrogens is 270 g/mol. The molecule has 0 aliphatic heterocycles. The Balaban J connectivity index is 2.10. The summed E-state index contributed by atoms with van der Waals surface area (Å²) in [5, 5.41) is 1.78. The third-order valence-corrected chi connectivity index (χ3v) is 3.69. The molecule has 1 heterocycles. The van der Waals surface area contributed by atoms with Crippen molar-refractivity contribution in [1.82, 2.24) is 10.4 Å². The zero-order valence-corrected chi connectivity index (χ0v) is 11.5. The molecular formula is C16H14ClN3. The summed E-state index contributed by atoms with van der Waals surface area (Å²) in [4.78, 5) is 4.32. The number of aromatic nitrogens is 1. The van der Waals surface area contributed by atoms with Gasteiger partial charge in [-0.25, -0.2) is 5.43 Å². The van der Waals surface area contributed by atoms with Crippen LogP contribution in [0.4, 0.5) is 0 Å². The Labute approximate surface area is 122 Å². The molecule has 1 aromatic heterocycles. The number of hydrogen-bond acceptors (Lipinski definition) is 3. The average Bonchev–Trinajstić information content (AvgIpc) is 2.50. The van der Waals surface area contributed by atoms with Gasteiger partial charge in [-0.3, -0.25) is 10.8 Å². The standard InChI is InChI=1S/C16H14ClN3/c17-14-6-2-1-5-13(14)16(20-18)12-7-8-15-11(10-12)4-3-9-19-15/h1-10,16,20H,18H2. The van der Waals surface area contributed by atoms with Gasteiger partial charge in [-0.1, -0.05) is 41.9 Å². The van der Waals surface area contributed by atoms with E-state index in [0.29, 0.717) is 5.02 Å². The van der Waals surface area contributed by atoms with Gasteiger partial charge in [0.05, 0.1) is 11.6 Å². The molecule has 0 spiro atoms. The van der Waals surface area contributed by atoms with E-state index in [-0.39, 0.29) is 6.04 Å². The van der Waals surface area contributed by atoms with E-state index in [1.807, 2.05) is 48.5 Å². The SMILES string of the molecule is NNC(c1ccc2ncccc2c1)c1ccccc1Cl. The van der Waals surface area contributed by atoms with Gasteiger partial charge in [0.2, 0.25) is 0 Å². The van der Waals surface area contributed by atoms with Crippen LogP contribution < -0.4 is 11.3 Å². The maximum absolute atomic E-state index is 6.26. The predicted molar refractivity (Wildman–Crippen MR) is 82.4 cm³/mol. The molecule has 1 atom stereocenters. The van der Waals surface area contributed by atoms with Gasteiger partial charge in [0, 0.05) is 16.6 Å². The number of rotatable bonds is 3. The van der Waals surface area contributed by atoms with Crippen molar-refractivity contribution < 1.29 is 0 Å². The lowest BCUT2D eigenvalue weighted by molar-refractivity contribution is 0.638. The molecule has 0 fully saturated rings. The largest absolute Gasteiger partial charge is 0.271 e. The van der Waals surface area contributed by atoms with Crippen LogP contribution in [0.2, 0.25) is 5.02 Å². The summed E-state index contributed by atoms with van der Waals surface area (Å²) >= 11 is 6.26. The third-order valence-electron chi connectivity index (χ3n) is 3.34. The molecule has 100 valence electrons. The van der Waals surface area contributed by atoms with Crippen molar-refractivity contribution in [2.75, 3.05) is 0 Å². The molecule has 0 aliphatic rings. The van der Waals surface area contributed by atoms with E-state index in [9.17, 15) is 0 Å². The summed E-state index contributed by atoms with van der Waals surface area (Å²) in [5.41, 5.74) is 5.81. The first-order valence-electron chi connectivity index (χ1n) is 6.35.